The molecule has 1 aliphatic rings. The van der Waals surface area contributed by atoms with Gasteiger partial charge in [-0.3, -0.25) is 9.48 Å². The molecule has 2 heterocycles. The highest BCUT2D eigenvalue weighted by Gasteiger charge is 2.20. The van der Waals surface area contributed by atoms with E-state index >= 15 is 0 Å². The zero-order valence-electron chi connectivity index (χ0n) is 10.6. The Morgan fingerprint density at radius 2 is 2.35 bits per heavy atom. The Bertz CT molecular complexity index is 420. The van der Waals surface area contributed by atoms with Gasteiger partial charge in [-0.25, -0.2) is 0 Å². The molecule has 1 aromatic rings. The second kappa shape index (κ2) is 4.87. The van der Waals surface area contributed by atoms with E-state index in [9.17, 15) is 4.79 Å². The van der Waals surface area contributed by atoms with Gasteiger partial charge in [0, 0.05) is 25.9 Å². The molecule has 0 spiro atoms. The van der Waals surface area contributed by atoms with Crippen molar-refractivity contribution in [3.63, 3.8) is 0 Å². The summed E-state index contributed by atoms with van der Waals surface area (Å²) in [7, 11) is 1.85. The molecule has 0 aliphatic carbocycles. The van der Waals surface area contributed by atoms with Gasteiger partial charge in [-0.1, -0.05) is 0 Å². The second-order valence-corrected chi connectivity index (χ2v) is 4.51. The molecule has 0 saturated carbocycles. The summed E-state index contributed by atoms with van der Waals surface area (Å²) in [5.41, 5.74) is 2.35. The maximum absolute atomic E-state index is 12.0. The molecule has 1 saturated heterocycles. The number of ether oxygens (including phenoxy) is 1. The van der Waals surface area contributed by atoms with Gasteiger partial charge in [0.25, 0.3) is 5.91 Å². The molecular formula is C12H19N3O2. The van der Waals surface area contributed by atoms with Crippen LogP contribution >= 0.6 is 0 Å². The SMILES string of the molecule is Cc1nn(C)c(C)c1C(=O)NCC1CCCO1. The summed E-state index contributed by atoms with van der Waals surface area (Å²) in [6.45, 7) is 5.16. The van der Waals surface area contributed by atoms with Crippen molar-refractivity contribution in [2.75, 3.05) is 13.2 Å². The molecule has 1 aliphatic heterocycles. The van der Waals surface area contributed by atoms with E-state index in [2.05, 4.69) is 10.4 Å². The molecule has 1 amide bonds. The number of aryl methyl sites for hydroxylation is 2. The number of carbonyl (C=O) groups is 1. The van der Waals surface area contributed by atoms with Crippen LogP contribution in [0.15, 0.2) is 0 Å². The van der Waals surface area contributed by atoms with Crippen molar-refractivity contribution in [2.24, 2.45) is 7.05 Å². The van der Waals surface area contributed by atoms with E-state index in [1.54, 1.807) is 4.68 Å². The number of hydrogen-bond donors (Lipinski definition) is 1. The third-order valence-corrected chi connectivity index (χ3v) is 3.25. The summed E-state index contributed by atoms with van der Waals surface area (Å²) in [5, 5.41) is 7.15. The van der Waals surface area contributed by atoms with Crippen LogP contribution in [0, 0.1) is 13.8 Å². The summed E-state index contributed by atoms with van der Waals surface area (Å²) in [5.74, 6) is -0.0522. The number of aromatic nitrogens is 2. The fourth-order valence-electron chi connectivity index (χ4n) is 2.20. The molecule has 5 heteroatoms. The summed E-state index contributed by atoms with van der Waals surface area (Å²) in [4.78, 5) is 12.0. The number of hydrogen-bond acceptors (Lipinski definition) is 3. The lowest BCUT2D eigenvalue weighted by atomic mass is 10.1. The van der Waals surface area contributed by atoms with Gasteiger partial charge in [0.05, 0.1) is 17.4 Å². The monoisotopic (exact) mass is 237 g/mol. The van der Waals surface area contributed by atoms with Gasteiger partial charge >= 0.3 is 0 Å². The average molecular weight is 237 g/mol. The van der Waals surface area contributed by atoms with E-state index < -0.39 is 0 Å². The van der Waals surface area contributed by atoms with E-state index in [1.807, 2.05) is 20.9 Å². The first kappa shape index (κ1) is 12.1. The van der Waals surface area contributed by atoms with E-state index in [1.165, 1.54) is 0 Å². The minimum Gasteiger partial charge on any atom is -0.376 e. The molecule has 5 nitrogen and oxygen atoms in total. The Morgan fingerprint density at radius 1 is 1.59 bits per heavy atom. The molecule has 2 rings (SSSR count). The third kappa shape index (κ3) is 2.49. The summed E-state index contributed by atoms with van der Waals surface area (Å²) in [6.07, 6.45) is 2.30. The van der Waals surface area contributed by atoms with Crippen LogP contribution in [0.5, 0.6) is 0 Å². The molecule has 1 aromatic heterocycles. The highest BCUT2D eigenvalue weighted by atomic mass is 16.5. The Kier molecular flexibility index (Phi) is 3.47. The predicted molar refractivity (Wildman–Crippen MR) is 64.0 cm³/mol. The molecule has 0 aromatic carbocycles. The predicted octanol–water partition coefficient (Wildman–Crippen LogP) is 0.946. The number of rotatable bonds is 3. The molecule has 94 valence electrons. The van der Waals surface area contributed by atoms with Crippen LogP contribution in [-0.4, -0.2) is 34.9 Å². The van der Waals surface area contributed by atoms with Gasteiger partial charge in [0.2, 0.25) is 0 Å². The van der Waals surface area contributed by atoms with Crippen LogP contribution in [0.1, 0.15) is 34.6 Å². The molecule has 0 radical (unpaired) electrons. The Balaban J connectivity index is 1.99. The van der Waals surface area contributed by atoms with Crippen LogP contribution in [0.25, 0.3) is 0 Å². The highest BCUT2D eigenvalue weighted by molar-refractivity contribution is 5.96. The normalized spacial score (nSPS) is 19.6. The fraction of sp³-hybridized carbons (Fsp3) is 0.667. The van der Waals surface area contributed by atoms with Gasteiger partial charge in [-0.15, -0.1) is 0 Å². The fourth-order valence-corrected chi connectivity index (χ4v) is 2.20. The Morgan fingerprint density at radius 3 is 2.88 bits per heavy atom. The third-order valence-electron chi connectivity index (χ3n) is 3.25. The van der Waals surface area contributed by atoms with Gasteiger partial charge < -0.3 is 10.1 Å². The van der Waals surface area contributed by atoms with Crippen molar-refractivity contribution in [1.29, 1.82) is 0 Å². The lowest BCUT2D eigenvalue weighted by molar-refractivity contribution is 0.0856. The van der Waals surface area contributed by atoms with Gasteiger partial charge in [0.1, 0.15) is 0 Å². The molecule has 0 bridgehead atoms. The molecule has 1 atom stereocenters. The minimum absolute atomic E-state index is 0.0522. The second-order valence-electron chi connectivity index (χ2n) is 4.51. The maximum Gasteiger partial charge on any atom is 0.255 e. The van der Waals surface area contributed by atoms with Crippen molar-refractivity contribution < 1.29 is 9.53 Å². The Labute approximate surface area is 101 Å². The summed E-state index contributed by atoms with van der Waals surface area (Å²) >= 11 is 0. The molecule has 1 N–H and O–H groups in total. The smallest absolute Gasteiger partial charge is 0.255 e. The average Bonchev–Trinajstić information content (AvgIpc) is 2.86. The zero-order chi connectivity index (χ0) is 12.4. The lowest BCUT2D eigenvalue weighted by Gasteiger charge is -2.10. The lowest BCUT2D eigenvalue weighted by Crippen LogP contribution is -2.32. The van der Waals surface area contributed by atoms with Crippen molar-refractivity contribution in [3.8, 4) is 0 Å². The van der Waals surface area contributed by atoms with E-state index in [0.717, 1.165) is 30.8 Å². The standard InChI is InChI=1S/C12H19N3O2/c1-8-11(9(2)15(3)14-8)12(16)13-7-10-5-4-6-17-10/h10H,4-7H2,1-3H3,(H,13,16). The van der Waals surface area contributed by atoms with Gasteiger partial charge in [-0.05, 0) is 26.7 Å². The molecule has 1 fully saturated rings. The van der Waals surface area contributed by atoms with Gasteiger partial charge in [-0.2, -0.15) is 5.10 Å². The molecule has 17 heavy (non-hydrogen) atoms. The maximum atomic E-state index is 12.0. The van der Waals surface area contributed by atoms with Crippen LogP contribution in [-0.2, 0) is 11.8 Å². The Hall–Kier alpha value is -1.36. The minimum atomic E-state index is -0.0522. The number of amides is 1. The number of nitrogens with zero attached hydrogens (tertiary/aromatic N) is 2. The van der Waals surface area contributed by atoms with Crippen molar-refractivity contribution in [2.45, 2.75) is 32.8 Å². The first-order valence-electron chi connectivity index (χ1n) is 5.99. The first-order valence-corrected chi connectivity index (χ1v) is 5.99. The van der Waals surface area contributed by atoms with Gasteiger partial charge in [0.15, 0.2) is 0 Å². The largest absolute Gasteiger partial charge is 0.376 e. The molecular weight excluding hydrogens is 218 g/mol. The van der Waals surface area contributed by atoms with E-state index in [-0.39, 0.29) is 12.0 Å². The van der Waals surface area contributed by atoms with Crippen LogP contribution < -0.4 is 5.32 Å². The van der Waals surface area contributed by atoms with Crippen molar-refractivity contribution >= 4 is 5.91 Å². The first-order chi connectivity index (χ1) is 8.09. The van der Waals surface area contributed by atoms with Crippen LogP contribution in [0.3, 0.4) is 0 Å². The zero-order valence-corrected chi connectivity index (χ0v) is 10.6. The van der Waals surface area contributed by atoms with Crippen molar-refractivity contribution in [1.82, 2.24) is 15.1 Å². The van der Waals surface area contributed by atoms with Crippen LogP contribution in [0.4, 0.5) is 0 Å². The van der Waals surface area contributed by atoms with E-state index in [0.29, 0.717) is 12.1 Å². The number of carbonyl (C=O) groups excluding carboxylic acids is 1. The molecule has 1 unspecified atom stereocenters. The van der Waals surface area contributed by atoms with Crippen molar-refractivity contribution in [3.05, 3.63) is 17.0 Å². The topological polar surface area (TPSA) is 56.2 Å². The summed E-state index contributed by atoms with van der Waals surface area (Å²) in [6, 6.07) is 0. The van der Waals surface area contributed by atoms with Crippen LogP contribution in [0.2, 0.25) is 0 Å². The quantitative estimate of drug-likeness (QED) is 0.851. The number of nitrogens with one attached hydrogen (secondary N) is 1. The highest BCUT2D eigenvalue weighted by Crippen LogP contribution is 2.13. The van der Waals surface area contributed by atoms with E-state index in [4.69, 9.17) is 4.74 Å². The summed E-state index contributed by atoms with van der Waals surface area (Å²) < 4.78 is 7.20.